The molecule has 2 aromatic carbocycles. The molecule has 0 saturated carbocycles. The van der Waals surface area contributed by atoms with E-state index < -0.39 is 16.8 Å². The van der Waals surface area contributed by atoms with Gasteiger partial charge < -0.3 is 9.64 Å². The van der Waals surface area contributed by atoms with E-state index in [0.717, 1.165) is 12.0 Å². The Morgan fingerprint density at radius 2 is 1.89 bits per heavy atom. The van der Waals surface area contributed by atoms with E-state index in [1.165, 1.54) is 12.1 Å². The van der Waals surface area contributed by atoms with E-state index in [2.05, 4.69) is 0 Å². The maximum absolute atomic E-state index is 12.3. The maximum Gasteiger partial charge on any atom is 0.311 e. The van der Waals surface area contributed by atoms with Crippen LogP contribution in [0.3, 0.4) is 0 Å². The summed E-state index contributed by atoms with van der Waals surface area (Å²) in [5.41, 5.74) is 1.64. The number of nitro groups is 1. The Hall–Kier alpha value is -3.22. The zero-order valence-electron chi connectivity index (χ0n) is 14.7. The number of benzene rings is 2. The van der Waals surface area contributed by atoms with Crippen molar-refractivity contribution in [2.75, 3.05) is 13.1 Å². The van der Waals surface area contributed by atoms with Gasteiger partial charge in [0.1, 0.15) is 6.61 Å². The van der Waals surface area contributed by atoms with Crippen LogP contribution in [0.2, 0.25) is 0 Å². The van der Waals surface area contributed by atoms with Crippen molar-refractivity contribution < 1.29 is 19.2 Å². The largest absolute Gasteiger partial charge is 0.461 e. The number of ether oxygens (including phenoxy) is 1. The number of likely N-dealkylation sites (tertiary alicyclic amines) is 1. The smallest absolute Gasteiger partial charge is 0.311 e. The van der Waals surface area contributed by atoms with Crippen LogP contribution in [-0.2, 0) is 27.4 Å². The van der Waals surface area contributed by atoms with Gasteiger partial charge in [0.15, 0.2) is 0 Å². The standard InChI is InChI=1S/C20H20N2O5/c23-19-12-17(13-21(19)10-9-15-5-2-1-3-6-15)20(24)27-14-16-7-4-8-18(11-16)22(25)26/h1-8,11,17H,9-10,12-14H2/t17-/m1/s1. The van der Waals surface area contributed by atoms with Gasteiger partial charge in [-0.25, -0.2) is 0 Å². The maximum atomic E-state index is 12.3. The summed E-state index contributed by atoms with van der Waals surface area (Å²) in [4.78, 5) is 36.4. The summed E-state index contributed by atoms with van der Waals surface area (Å²) < 4.78 is 5.27. The second kappa shape index (κ2) is 8.44. The first kappa shape index (κ1) is 18.6. The quantitative estimate of drug-likeness (QED) is 0.426. The SMILES string of the molecule is O=C(OCc1cccc([N+](=O)[O-])c1)[C@@H]1CC(=O)N(CCc2ccccc2)C1. The summed E-state index contributed by atoms with van der Waals surface area (Å²) in [6.07, 6.45) is 0.880. The number of non-ortho nitro benzene ring substituents is 1. The minimum absolute atomic E-state index is 0.0464. The molecule has 0 unspecified atom stereocenters. The third kappa shape index (κ3) is 4.91. The van der Waals surface area contributed by atoms with Crippen molar-refractivity contribution >= 4 is 17.6 Å². The molecule has 27 heavy (non-hydrogen) atoms. The lowest BCUT2D eigenvalue weighted by Crippen LogP contribution is -2.28. The van der Waals surface area contributed by atoms with Crippen LogP contribution in [0.25, 0.3) is 0 Å². The van der Waals surface area contributed by atoms with Gasteiger partial charge in [0.2, 0.25) is 5.91 Å². The molecule has 0 aliphatic carbocycles. The molecule has 1 amide bonds. The second-order valence-electron chi connectivity index (χ2n) is 6.51. The number of nitrogens with zero attached hydrogens (tertiary/aromatic N) is 2. The Kier molecular flexibility index (Phi) is 5.80. The second-order valence-corrected chi connectivity index (χ2v) is 6.51. The summed E-state index contributed by atoms with van der Waals surface area (Å²) in [6.45, 7) is 0.867. The predicted molar refractivity (Wildman–Crippen MR) is 97.7 cm³/mol. The minimum atomic E-state index is -0.494. The van der Waals surface area contributed by atoms with Gasteiger partial charge >= 0.3 is 5.97 Å². The van der Waals surface area contributed by atoms with E-state index >= 15 is 0 Å². The Bertz CT molecular complexity index is 837. The molecule has 0 bridgehead atoms. The first-order valence-electron chi connectivity index (χ1n) is 8.74. The molecule has 7 heteroatoms. The van der Waals surface area contributed by atoms with Crippen LogP contribution in [0.4, 0.5) is 5.69 Å². The van der Waals surface area contributed by atoms with E-state index in [4.69, 9.17) is 4.74 Å². The van der Waals surface area contributed by atoms with Crippen molar-refractivity contribution in [1.29, 1.82) is 0 Å². The molecule has 0 spiro atoms. The van der Waals surface area contributed by atoms with Crippen molar-refractivity contribution in [3.05, 3.63) is 75.8 Å². The molecule has 0 N–H and O–H groups in total. The Labute approximate surface area is 156 Å². The average molecular weight is 368 g/mol. The molecule has 0 aromatic heterocycles. The third-order valence-electron chi connectivity index (χ3n) is 4.56. The summed E-state index contributed by atoms with van der Waals surface area (Å²) in [6, 6.07) is 15.8. The highest BCUT2D eigenvalue weighted by Gasteiger charge is 2.35. The number of esters is 1. The fourth-order valence-electron chi connectivity index (χ4n) is 3.09. The van der Waals surface area contributed by atoms with E-state index in [1.54, 1.807) is 17.0 Å². The number of amides is 1. The van der Waals surface area contributed by atoms with Crippen LogP contribution in [0.1, 0.15) is 17.5 Å². The first-order valence-corrected chi connectivity index (χ1v) is 8.74. The zero-order valence-corrected chi connectivity index (χ0v) is 14.7. The number of carbonyl (C=O) groups is 2. The summed E-state index contributed by atoms with van der Waals surface area (Å²) >= 11 is 0. The molecule has 3 rings (SSSR count). The predicted octanol–water partition coefficient (Wildman–Crippen LogP) is 2.73. The molecule has 1 saturated heterocycles. The van der Waals surface area contributed by atoms with Crippen LogP contribution in [0.15, 0.2) is 54.6 Å². The van der Waals surface area contributed by atoms with Crippen molar-refractivity contribution in [2.45, 2.75) is 19.4 Å². The number of nitro benzene ring substituents is 1. The Balaban J connectivity index is 1.50. The molecule has 1 aliphatic rings. The lowest BCUT2D eigenvalue weighted by Gasteiger charge is -2.16. The molecule has 0 radical (unpaired) electrons. The lowest BCUT2D eigenvalue weighted by molar-refractivity contribution is -0.384. The average Bonchev–Trinajstić information content (AvgIpc) is 3.06. The van der Waals surface area contributed by atoms with Crippen molar-refractivity contribution in [2.24, 2.45) is 5.92 Å². The molecule has 1 atom stereocenters. The molecule has 2 aromatic rings. The molecule has 1 fully saturated rings. The van der Waals surface area contributed by atoms with Crippen LogP contribution >= 0.6 is 0 Å². The first-order chi connectivity index (χ1) is 13.0. The number of rotatable bonds is 7. The molecule has 7 nitrogen and oxygen atoms in total. The van der Waals surface area contributed by atoms with Crippen LogP contribution in [0.5, 0.6) is 0 Å². The molecular formula is C20H20N2O5. The molecule has 1 aliphatic heterocycles. The third-order valence-corrected chi connectivity index (χ3v) is 4.56. The van der Waals surface area contributed by atoms with Gasteiger partial charge in [-0.2, -0.15) is 0 Å². The van der Waals surface area contributed by atoms with Gasteiger partial charge in [-0.05, 0) is 17.5 Å². The van der Waals surface area contributed by atoms with E-state index in [1.807, 2.05) is 30.3 Å². The van der Waals surface area contributed by atoms with E-state index in [0.29, 0.717) is 18.7 Å². The van der Waals surface area contributed by atoms with E-state index in [-0.39, 0.29) is 24.6 Å². The van der Waals surface area contributed by atoms with Gasteiger partial charge in [-0.15, -0.1) is 0 Å². The Morgan fingerprint density at radius 3 is 2.63 bits per heavy atom. The summed E-state index contributed by atoms with van der Waals surface area (Å²) in [5, 5.41) is 10.8. The number of hydrogen-bond donors (Lipinski definition) is 0. The lowest BCUT2D eigenvalue weighted by atomic mass is 10.1. The molecule has 140 valence electrons. The van der Waals surface area contributed by atoms with Crippen molar-refractivity contribution in [3.63, 3.8) is 0 Å². The monoisotopic (exact) mass is 368 g/mol. The molecular weight excluding hydrogens is 348 g/mol. The van der Waals surface area contributed by atoms with Crippen LogP contribution in [-0.4, -0.2) is 34.8 Å². The van der Waals surface area contributed by atoms with Crippen molar-refractivity contribution in [1.82, 2.24) is 4.90 Å². The van der Waals surface area contributed by atoms with Gasteiger partial charge in [0, 0.05) is 31.6 Å². The summed E-state index contributed by atoms with van der Waals surface area (Å²) in [7, 11) is 0. The van der Waals surface area contributed by atoms with Gasteiger partial charge in [-0.3, -0.25) is 19.7 Å². The van der Waals surface area contributed by atoms with Crippen LogP contribution < -0.4 is 0 Å². The number of carbonyl (C=O) groups excluding carboxylic acids is 2. The normalized spacial score (nSPS) is 16.4. The number of hydrogen-bond acceptors (Lipinski definition) is 5. The van der Waals surface area contributed by atoms with Gasteiger partial charge in [0.05, 0.1) is 10.8 Å². The van der Waals surface area contributed by atoms with Gasteiger partial charge in [-0.1, -0.05) is 42.5 Å². The highest BCUT2D eigenvalue weighted by atomic mass is 16.6. The van der Waals surface area contributed by atoms with Crippen LogP contribution in [0, 0.1) is 16.0 Å². The Morgan fingerprint density at radius 1 is 1.15 bits per heavy atom. The van der Waals surface area contributed by atoms with Crippen molar-refractivity contribution in [3.8, 4) is 0 Å². The minimum Gasteiger partial charge on any atom is -0.461 e. The summed E-state index contributed by atoms with van der Waals surface area (Å²) in [5.74, 6) is -0.993. The molecule has 1 heterocycles. The highest BCUT2D eigenvalue weighted by Crippen LogP contribution is 2.21. The fourth-order valence-corrected chi connectivity index (χ4v) is 3.09. The topological polar surface area (TPSA) is 89.7 Å². The highest BCUT2D eigenvalue weighted by molar-refractivity contribution is 5.86. The zero-order chi connectivity index (χ0) is 19.2. The fraction of sp³-hybridized carbons (Fsp3) is 0.300. The van der Waals surface area contributed by atoms with Gasteiger partial charge in [0.25, 0.3) is 5.69 Å². The van der Waals surface area contributed by atoms with E-state index in [9.17, 15) is 19.7 Å².